The van der Waals surface area contributed by atoms with E-state index in [0.29, 0.717) is 11.5 Å². The van der Waals surface area contributed by atoms with Crippen molar-refractivity contribution in [3.63, 3.8) is 0 Å². The van der Waals surface area contributed by atoms with Crippen LogP contribution in [-0.4, -0.2) is 20.8 Å². The number of rotatable bonds is 6. The van der Waals surface area contributed by atoms with E-state index in [9.17, 15) is 0 Å². The molecule has 0 aliphatic heterocycles. The Balaban J connectivity index is 2.93. The summed E-state index contributed by atoms with van der Waals surface area (Å²) >= 11 is 0. The number of benzene rings is 1. The van der Waals surface area contributed by atoms with Crippen LogP contribution in [0.2, 0.25) is 0 Å². The van der Waals surface area contributed by atoms with Crippen molar-refractivity contribution in [2.45, 2.75) is 19.4 Å². The molecule has 0 heterocycles. The van der Waals surface area contributed by atoms with Gasteiger partial charge in [-0.15, -0.1) is 0 Å². The van der Waals surface area contributed by atoms with E-state index >= 15 is 0 Å². The highest BCUT2D eigenvalue weighted by atomic mass is 16.5. The minimum absolute atomic E-state index is 0.310. The fourth-order valence-electron chi connectivity index (χ4n) is 1.56. The maximum atomic E-state index is 9.11. The molecule has 0 aliphatic rings. The Morgan fingerprint density at radius 2 is 2.00 bits per heavy atom. The monoisotopic (exact) mass is 234 g/mol. The lowest BCUT2D eigenvalue weighted by atomic mass is 10.1. The number of nitriles is 1. The van der Waals surface area contributed by atoms with Crippen molar-refractivity contribution in [3.05, 3.63) is 23.8 Å². The predicted molar refractivity (Wildman–Crippen MR) is 66.2 cm³/mol. The van der Waals surface area contributed by atoms with Crippen LogP contribution >= 0.6 is 0 Å². The summed E-state index contributed by atoms with van der Waals surface area (Å²) in [6.07, 6.45) is 0.992. The number of hydrogen-bond acceptors (Lipinski definition) is 4. The zero-order valence-electron chi connectivity index (χ0n) is 10.5. The first-order valence-electron chi connectivity index (χ1n) is 5.61. The number of methoxy groups -OCH3 is 2. The Hall–Kier alpha value is -1.73. The Morgan fingerprint density at radius 3 is 2.53 bits per heavy atom. The summed E-state index contributed by atoms with van der Waals surface area (Å²) in [6, 6.07) is 7.44. The molecule has 1 unspecified atom stereocenters. The van der Waals surface area contributed by atoms with E-state index in [1.165, 1.54) is 0 Å². The van der Waals surface area contributed by atoms with Crippen LogP contribution in [-0.2, 0) is 0 Å². The molecule has 1 rings (SSSR count). The first kappa shape index (κ1) is 13.3. The normalized spacial score (nSPS) is 11.6. The summed E-state index contributed by atoms with van der Waals surface area (Å²) in [5, 5.41) is 12.3. The van der Waals surface area contributed by atoms with Crippen LogP contribution in [0.3, 0.4) is 0 Å². The minimum atomic E-state index is -0.310. The predicted octanol–water partition coefficient (Wildman–Crippen LogP) is 2.27. The lowest BCUT2D eigenvalue weighted by Gasteiger charge is -2.14. The summed E-state index contributed by atoms with van der Waals surface area (Å²) < 4.78 is 10.4. The minimum Gasteiger partial charge on any atom is -0.493 e. The maximum Gasteiger partial charge on any atom is 0.161 e. The molecule has 0 bridgehead atoms. The van der Waals surface area contributed by atoms with Crippen LogP contribution < -0.4 is 14.8 Å². The molecule has 0 fully saturated rings. The van der Waals surface area contributed by atoms with E-state index in [4.69, 9.17) is 14.7 Å². The van der Waals surface area contributed by atoms with E-state index in [2.05, 4.69) is 18.3 Å². The quantitative estimate of drug-likeness (QED) is 0.820. The molecule has 0 saturated heterocycles. The van der Waals surface area contributed by atoms with Gasteiger partial charge < -0.3 is 9.47 Å². The van der Waals surface area contributed by atoms with Crippen LogP contribution in [0.4, 0.5) is 0 Å². The first-order valence-corrected chi connectivity index (χ1v) is 5.61. The second kappa shape index (κ2) is 6.77. The molecule has 1 atom stereocenters. The van der Waals surface area contributed by atoms with E-state index in [1.54, 1.807) is 14.2 Å². The van der Waals surface area contributed by atoms with Crippen molar-refractivity contribution in [3.8, 4) is 17.6 Å². The highest BCUT2D eigenvalue weighted by Crippen LogP contribution is 2.29. The topological polar surface area (TPSA) is 54.3 Å². The molecule has 0 aliphatic carbocycles. The zero-order chi connectivity index (χ0) is 12.7. The van der Waals surface area contributed by atoms with Gasteiger partial charge in [0.1, 0.15) is 6.04 Å². The standard InChI is InChI=1S/C13H18N2O2/c1-4-7-15-11(9-14)10-5-6-12(16-2)13(8-10)17-3/h5-6,8,11,15H,4,7H2,1-3H3. The molecule has 4 nitrogen and oxygen atoms in total. The van der Waals surface area contributed by atoms with Crippen molar-refractivity contribution in [1.82, 2.24) is 5.32 Å². The third-order valence-electron chi connectivity index (χ3n) is 2.47. The van der Waals surface area contributed by atoms with E-state index in [-0.39, 0.29) is 6.04 Å². The second-order valence-corrected chi connectivity index (χ2v) is 3.63. The summed E-state index contributed by atoms with van der Waals surface area (Å²) in [4.78, 5) is 0. The van der Waals surface area contributed by atoms with Crippen molar-refractivity contribution in [2.75, 3.05) is 20.8 Å². The van der Waals surface area contributed by atoms with E-state index < -0.39 is 0 Å². The van der Waals surface area contributed by atoms with Gasteiger partial charge >= 0.3 is 0 Å². The highest BCUT2D eigenvalue weighted by molar-refractivity contribution is 5.44. The first-order chi connectivity index (χ1) is 8.26. The summed E-state index contributed by atoms with van der Waals surface area (Å²) in [5.74, 6) is 1.31. The van der Waals surface area contributed by atoms with Gasteiger partial charge in [0.25, 0.3) is 0 Å². The van der Waals surface area contributed by atoms with Gasteiger partial charge in [-0.05, 0) is 30.7 Å². The van der Waals surface area contributed by atoms with Crippen LogP contribution in [0, 0.1) is 11.3 Å². The molecule has 0 aromatic heterocycles. The van der Waals surface area contributed by atoms with E-state index in [1.807, 2.05) is 18.2 Å². The van der Waals surface area contributed by atoms with Crippen LogP contribution in [0.25, 0.3) is 0 Å². The Bertz CT molecular complexity index is 399. The molecule has 0 saturated carbocycles. The maximum absolute atomic E-state index is 9.11. The molecule has 4 heteroatoms. The summed E-state index contributed by atoms with van der Waals surface area (Å²) in [5.41, 5.74) is 0.888. The molecular formula is C13H18N2O2. The van der Waals surface area contributed by atoms with E-state index in [0.717, 1.165) is 18.5 Å². The number of ether oxygens (including phenoxy) is 2. The Morgan fingerprint density at radius 1 is 1.29 bits per heavy atom. The molecule has 0 spiro atoms. The molecule has 0 radical (unpaired) electrons. The molecule has 92 valence electrons. The summed E-state index contributed by atoms with van der Waals surface area (Å²) in [7, 11) is 3.18. The average molecular weight is 234 g/mol. The largest absolute Gasteiger partial charge is 0.493 e. The molecule has 0 amide bonds. The Labute approximate surface area is 102 Å². The van der Waals surface area contributed by atoms with Gasteiger partial charge in [0.05, 0.1) is 20.3 Å². The zero-order valence-corrected chi connectivity index (χ0v) is 10.5. The smallest absolute Gasteiger partial charge is 0.161 e. The molecule has 1 N–H and O–H groups in total. The van der Waals surface area contributed by atoms with Gasteiger partial charge in [-0.1, -0.05) is 13.0 Å². The average Bonchev–Trinajstić information content (AvgIpc) is 2.39. The van der Waals surface area contributed by atoms with Gasteiger partial charge in [0.2, 0.25) is 0 Å². The fraction of sp³-hybridized carbons (Fsp3) is 0.462. The van der Waals surface area contributed by atoms with Gasteiger partial charge in [0, 0.05) is 0 Å². The molecule has 1 aromatic rings. The lowest BCUT2D eigenvalue weighted by molar-refractivity contribution is 0.354. The SMILES string of the molecule is CCCNC(C#N)c1ccc(OC)c(OC)c1. The van der Waals surface area contributed by atoms with Crippen molar-refractivity contribution >= 4 is 0 Å². The van der Waals surface area contributed by atoms with Gasteiger partial charge in [0.15, 0.2) is 11.5 Å². The van der Waals surface area contributed by atoms with Crippen molar-refractivity contribution in [2.24, 2.45) is 0 Å². The molecular weight excluding hydrogens is 216 g/mol. The summed E-state index contributed by atoms with van der Waals surface area (Å²) in [6.45, 7) is 2.88. The van der Waals surface area contributed by atoms with Gasteiger partial charge in [-0.2, -0.15) is 5.26 Å². The third kappa shape index (κ3) is 3.36. The number of nitrogens with one attached hydrogen (secondary N) is 1. The van der Waals surface area contributed by atoms with Crippen molar-refractivity contribution < 1.29 is 9.47 Å². The van der Waals surface area contributed by atoms with Crippen molar-refractivity contribution in [1.29, 1.82) is 5.26 Å². The third-order valence-corrected chi connectivity index (χ3v) is 2.47. The van der Waals surface area contributed by atoms with Crippen LogP contribution in [0.15, 0.2) is 18.2 Å². The second-order valence-electron chi connectivity index (χ2n) is 3.63. The fourth-order valence-corrected chi connectivity index (χ4v) is 1.56. The van der Waals surface area contributed by atoms with Gasteiger partial charge in [-0.3, -0.25) is 5.32 Å². The lowest BCUT2D eigenvalue weighted by Crippen LogP contribution is -2.20. The molecule has 17 heavy (non-hydrogen) atoms. The van der Waals surface area contributed by atoms with Crippen LogP contribution in [0.5, 0.6) is 11.5 Å². The molecule has 1 aromatic carbocycles. The van der Waals surface area contributed by atoms with Gasteiger partial charge in [-0.25, -0.2) is 0 Å². The number of nitrogens with zero attached hydrogens (tertiary/aromatic N) is 1. The number of hydrogen-bond donors (Lipinski definition) is 1. The Kier molecular flexibility index (Phi) is 5.31. The van der Waals surface area contributed by atoms with Crippen LogP contribution in [0.1, 0.15) is 24.9 Å². The highest BCUT2D eigenvalue weighted by Gasteiger charge is 2.12.